The fourth-order valence-electron chi connectivity index (χ4n) is 3.17. The fourth-order valence-corrected chi connectivity index (χ4v) is 5.90. The Kier molecular flexibility index (Phi) is 9.87. The van der Waals surface area contributed by atoms with Gasteiger partial charge in [0.25, 0.3) is 0 Å². The number of anilines is 3. The van der Waals surface area contributed by atoms with Crippen molar-refractivity contribution in [3.8, 4) is 11.5 Å². The summed E-state index contributed by atoms with van der Waals surface area (Å²) in [7, 11) is 0. The number of hydrogen-bond acceptors (Lipinski definition) is 9. The van der Waals surface area contributed by atoms with Crippen molar-refractivity contribution in [3.63, 3.8) is 0 Å². The SMILES string of the molecule is NCCNc1ccc([O][Ti](=[O])([O]c2ccc(NCCN)cc2)[c]2ccc(NCCN)cc2)cc1. The van der Waals surface area contributed by atoms with Crippen molar-refractivity contribution in [2.75, 3.05) is 55.2 Å². The van der Waals surface area contributed by atoms with Crippen LogP contribution in [0.15, 0.2) is 72.8 Å². The molecular weight excluding hydrogens is 468 g/mol. The van der Waals surface area contributed by atoms with Crippen LogP contribution in [-0.4, -0.2) is 39.3 Å². The first kappa shape index (κ1) is 25.7. The number of nitrogens with one attached hydrogen (secondary N) is 3. The predicted octanol–water partition coefficient (Wildman–Crippen LogP) is 1.91. The first-order valence-corrected chi connectivity index (χ1v) is 14.0. The molecule has 10 heteroatoms. The summed E-state index contributed by atoms with van der Waals surface area (Å²) in [5, 5.41) is 9.59. The summed E-state index contributed by atoms with van der Waals surface area (Å²) < 4.78 is 26.7. The summed E-state index contributed by atoms with van der Waals surface area (Å²) in [6, 6.07) is 21.7. The Labute approximate surface area is 204 Å². The van der Waals surface area contributed by atoms with Crippen LogP contribution in [-0.2, 0) is 20.7 Å². The summed E-state index contributed by atoms with van der Waals surface area (Å²) >= 11 is -4.77. The molecule has 3 aromatic carbocycles. The molecule has 0 aliphatic heterocycles. The topological polar surface area (TPSA) is 150 Å². The Hall–Kier alpha value is -2.95. The van der Waals surface area contributed by atoms with Crippen LogP contribution in [0, 0.1) is 0 Å². The van der Waals surface area contributed by atoms with Gasteiger partial charge in [-0.1, -0.05) is 0 Å². The van der Waals surface area contributed by atoms with Gasteiger partial charge in [0.1, 0.15) is 0 Å². The molecule has 0 spiro atoms. The van der Waals surface area contributed by atoms with Crippen molar-refractivity contribution in [2.45, 2.75) is 0 Å². The van der Waals surface area contributed by atoms with E-state index in [0.717, 1.165) is 17.1 Å². The van der Waals surface area contributed by atoms with Gasteiger partial charge in [-0.25, -0.2) is 0 Å². The Bertz CT molecular complexity index is 988. The van der Waals surface area contributed by atoms with E-state index in [1.165, 1.54) is 0 Å². The number of benzene rings is 3. The minimum atomic E-state index is -4.77. The summed E-state index contributed by atoms with van der Waals surface area (Å²) in [6.45, 7) is 3.54. The van der Waals surface area contributed by atoms with Gasteiger partial charge in [0, 0.05) is 0 Å². The third-order valence-corrected chi connectivity index (χ3v) is 8.07. The van der Waals surface area contributed by atoms with Gasteiger partial charge in [-0.15, -0.1) is 0 Å². The van der Waals surface area contributed by atoms with Crippen molar-refractivity contribution < 1.29 is 27.3 Å². The zero-order valence-corrected chi connectivity index (χ0v) is 20.7. The van der Waals surface area contributed by atoms with Crippen LogP contribution in [0.25, 0.3) is 0 Å². The molecule has 0 aliphatic rings. The Morgan fingerprint density at radius 1 is 0.559 bits per heavy atom. The average Bonchev–Trinajstić information content (AvgIpc) is 2.87. The molecule has 0 heterocycles. The molecule has 9 N–H and O–H groups in total. The third kappa shape index (κ3) is 7.54. The second-order valence-corrected chi connectivity index (χ2v) is 10.8. The molecule has 3 rings (SSSR count). The molecule has 0 saturated heterocycles. The summed E-state index contributed by atoms with van der Waals surface area (Å²) in [4.78, 5) is 0. The molecule has 181 valence electrons. The van der Waals surface area contributed by atoms with Gasteiger partial charge in [0.2, 0.25) is 0 Å². The van der Waals surface area contributed by atoms with Gasteiger partial charge in [-0.3, -0.25) is 0 Å². The van der Waals surface area contributed by atoms with E-state index >= 15 is 0 Å². The van der Waals surface area contributed by atoms with E-state index in [9.17, 15) is 3.32 Å². The van der Waals surface area contributed by atoms with Crippen LogP contribution < -0.4 is 43.7 Å². The number of rotatable bonds is 14. The molecular formula is C24H33N6O3Ti. The zero-order chi connectivity index (χ0) is 24.2. The van der Waals surface area contributed by atoms with Crippen molar-refractivity contribution in [2.24, 2.45) is 17.2 Å². The van der Waals surface area contributed by atoms with Crippen LogP contribution in [0.1, 0.15) is 0 Å². The molecule has 0 saturated carbocycles. The Morgan fingerprint density at radius 3 is 1.21 bits per heavy atom. The van der Waals surface area contributed by atoms with Gasteiger partial charge in [0.05, 0.1) is 0 Å². The molecule has 0 atom stereocenters. The van der Waals surface area contributed by atoms with E-state index in [0.29, 0.717) is 54.6 Å². The van der Waals surface area contributed by atoms with E-state index in [2.05, 4.69) is 16.0 Å². The maximum atomic E-state index is 14.1. The Balaban J connectivity index is 1.83. The maximum absolute atomic E-state index is 14.1. The normalized spacial score (nSPS) is 11.0. The van der Waals surface area contributed by atoms with Crippen molar-refractivity contribution in [3.05, 3.63) is 72.8 Å². The molecule has 0 radical (unpaired) electrons. The van der Waals surface area contributed by atoms with E-state index < -0.39 is 17.3 Å². The molecule has 0 amide bonds. The van der Waals surface area contributed by atoms with Crippen molar-refractivity contribution in [1.82, 2.24) is 0 Å². The molecule has 0 bridgehead atoms. The molecule has 0 aromatic heterocycles. The first-order valence-electron chi connectivity index (χ1n) is 11.3. The summed E-state index contributed by atoms with van der Waals surface area (Å²) in [6.07, 6.45) is 0. The Morgan fingerprint density at radius 2 is 0.882 bits per heavy atom. The van der Waals surface area contributed by atoms with Gasteiger partial charge in [-0.2, -0.15) is 0 Å². The van der Waals surface area contributed by atoms with E-state index in [1.54, 1.807) is 36.4 Å². The van der Waals surface area contributed by atoms with Crippen LogP contribution in [0.4, 0.5) is 17.1 Å². The van der Waals surface area contributed by atoms with Crippen molar-refractivity contribution >= 4 is 20.9 Å². The van der Waals surface area contributed by atoms with Gasteiger partial charge < -0.3 is 0 Å². The van der Waals surface area contributed by atoms with Gasteiger partial charge in [0.15, 0.2) is 0 Å². The second kappa shape index (κ2) is 13.1. The first-order chi connectivity index (χ1) is 16.6. The summed E-state index contributed by atoms with van der Waals surface area (Å²) in [5.74, 6) is 0.916. The molecule has 0 unspecified atom stereocenters. The molecule has 34 heavy (non-hydrogen) atoms. The van der Waals surface area contributed by atoms with Gasteiger partial charge in [-0.05, 0) is 0 Å². The standard InChI is InChI=1S/2C8H12N2O.C8H11N2.O.Ti/c2*9-5-6-10-7-1-3-8(11)4-2-7;9-6-7-10-8-4-2-1-3-5-8;;/h2*1-4,10-11H,5-6,9H2;2-5,10H,6-7,9H2;;/q;;;;+2/p-2. The van der Waals surface area contributed by atoms with Crippen molar-refractivity contribution in [1.29, 1.82) is 0 Å². The summed E-state index contributed by atoms with van der Waals surface area (Å²) in [5.41, 5.74) is 19.3. The predicted molar refractivity (Wildman–Crippen MR) is 134 cm³/mol. The fraction of sp³-hybridized carbons (Fsp3) is 0.250. The molecule has 0 fully saturated rings. The average molecular weight is 501 g/mol. The number of nitrogens with two attached hydrogens (primary N) is 3. The van der Waals surface area contributed by atoms with Crippen LogP contribution in [0.2, 0.25) is 0 Å². The zero-order valence-electron chi connectivity index (χ0n) is 19.1. The molecule has 9 nitrogen and oxygen atoms in total. The van der Waals surface area contributed by atoms with Gasteiger partial charge >= 0.3 is 205 Å². The van der Waals surface area contributed by atoms with Crippen LogP contribution >= 0.6 is 0 Å². The third-order valence-electron chi connectivity index (χ3n) is 4.87. The second-order valence-electron chi connectivity index (χ2n) is 7.53. The van der Waals surface area contributed by atoms with Crippen LogP contribution in [0.3, 0.4) is 0 Å². The quantitative estimate of drug-likeness (QED) is 0.182. The van der Waals surface area contributed by atoms with E-state index in [4.69, 9.17) is 23.8 Å². The minimum absolute atomic E-state index is 0.458. The van der Waals surface area contributed by atoms with E-state index in [1.807, 2.05) is 36.4 Å². The van der Waals surface area contributed by atoms with Crippen LogP contribution in [0.5, 0.6) is 11.5 Å². The molecule has 0 aliphatic carbocycles. The molecule has 3 aromatic rings. The van der Waals surface area contributed by atoms with E-state index in [-0.39, 0.29) is 0 Å². The number of hydrogen-bond donors (Lipinski definition) is 6. The monoisotopic (exact) mass is 501 g/mol.